The summed E-state index contributed by atoms with van der Waals surface area (Å²) >= 11 is 0. The Kier molecular flexibility index (Phi) is 5.44. The van der Waals surface area contributed by atoms with Gasteiger partial charge in [0.2, 0.25) is 0 Å². The second-order valence-corrected chi connectivity index (χ2v) is 7.61. The van der Waals surface area contributed by atoms with Crippen molar-refractivity contribution in [3.8, 4) is 0 Å². The van der Waals surface area contributed by atoms with E-state index in [1.54, 1.807) is 4.90 Å². The highest BCUT2D eigenvalue weighted by molar-refractivity contribution is 5.98. The van der Waals surface area contributed by atoms with E-state index in [0.29, 0.717) is 0 Å². The Morgan fingerprint density at radius 2 is 1.71 bits per heavy atom. The number of hydrogen-bond donors (Lipinski definition) is 0. The van der Waals surface area contributed by atoms with Gasteiger partial charge in [-0.1, -0.05) is 48.5 Å². The minimum atomic E-state index is -0.445. The number of benzene rings is 2. The maximum atomic E-state index is 12.9. The lowest BCUT2D eigenvalue weighted by Crippen LogP contribution is -2.40. The fourth-order valence-electron chi connectivity index (χ4n) is 4.36. The first-order valence-electron chi connectivity index (χ1n) is 10.0. The molecule has 2 heterocycles. The molecule has 2 aliphatic heterocycles. The number of hydrogen-bond acceptors (Lipinski definition) is 4. The van der Waals surface area contributed by atoms with E-state index in [1.807, 2.05) is 61.5 Å². The van der Waals surface area contributed by atoms with Crippen molar-refractivity contribution >= 4 is 17.6 Å². The highest BCUT2D eigenvalue weighted by Gasteiger charge is 2.34. The third-order valence-electron chi connectivity index (χ3n) is 5.66. The van der Waals surface area contributed by atoms with Gasteiger partial charge in [-0.25, -0.2) is 4.79 Å². The van der Waals surface area contributed by atoms with Crippen LogP contribution in [0.4, 0.5) is 5.69 Å². The van der Waals surface area contributed by atoms with Crippen LogP contribution in [0.25, 0.3) is 0 Å². The SMILES string of the molecule is CC1Cc2ccccc2N1C(=O)COC(=O)C(c1ccccc1)N1CCCC1. The van der Waals surface area contributed by atoms with Crippen LogP contribution >= 0.6 is 0 Å². The summed E-state index contributed by atoms with van der Waals surface area (Å²) in [6, 6.07) is 17.2. The predicted molar refractivity (Wildman–Crippen MR) is 108 cm³/mol. The average molecular weight is 378 g/mol. The van der Waals surface area contributed by atoms with Crippen molar-refractivity contribution in [1.29, 1.82) is 0 Å². The van der Waals surface area contributed by atoms with Gasteiger partial charge in [0, 0.05) is 11.7 Å². The Bertz CT molecular complexity index is 846. The lowest BCUT2D eigenvalue weighted by molar-refractivity contribution is -0.153. The molecule has 5 nitrogen and oxygen atoms in total. The molecule has 0 N–H and O–H groups in total. The van der Waals surface area contributed by atoms with Crippen molar-refractivity contribution < 1.29 is 14.3 Å². The Morgan fingerprint density at radius 1 is 1.04 bits per heavy atom. The molecule has 1 fully saturated rings. The molecule has 0 saturated carbocycles. The third kappa shape index (κ3) is 3.67. The number of anilines is 1. The number of amides is 1. The minimum Gasteiger partial charge on any atom is -0.454 e. The van der Waals surface area contributed by atoms with Gasteiger partial charge in [-0.2, -0.15) is 0 Å². The van der Waals surface area contributed by atoms with Crippen molar-refractivity contribution in [3.05, 3.63) is 65.7 Å². The molecule has 4 rings (SSSR count). The summed E-state index contributed by atoms with van der Waals surface area (Å²) in [6.07, 6.45) is 2.99. The van der Waals surface area contributed by atoms with Crippen LogP contribution in [-0.4, -0.2) is 42.5 Å². The zero-order valence-electron chi connectivity index (χ0n) is 16.2. The molecule has 2 aromatic carbocycles. The highest BCUT2D eigenvalue weighted by atomic mass is 16.5. The third-order valence-corrected chi connectivity index (χ3v) is 5.66. The molecule has 0 aliphatic carbocycles. The van der Waals surface area contributed by atoms with Gasteiger partial charge in [0.05, 0.1) is 0 Å². The van der Waals surface area contributed by atoms with Crippen molar-refractivity contribution in [3.63, 3.8) is 0 Å². The fourth-order valence-corrected chi connectivity index (χ4v) is 4.36. The number of carbonyl (C=O) groups is 2. The van der Waals surface area contributed by atoms with Crippen LogP contribution in [0.15, 0.2) is 54.6 Å². The van der Waals surface area contributed by atoms with E-state index in [4.69, 9.17) is 4.74 Å². The Hall–Kier alpha value is -2.66. The van der Waals surface area contributed by atoms with Crippen LogP contribution < -0.4 is 4.90 Å². The monoisotopic (exact) mass is 378 g/mol. The lowest BCUT2D eigenvalue weighted by atomic mass is 10.1. The Balaban J connectivity index is 1.46. The largest absolute Gasteiger partial charge is 0.454 e. The van der Waals surface area contributed by atoms with Crippen LogP contribution in [0.5, 0.6) is 0 Å². The topological polar surface area (TPSA) is 49.9 Å². The van der Waals surface area contributed by atoms with Crippen LogP contribution in [0.1, 0.15) is 36.9 Å². The summed E-state index contributed by atoms with van der Waals surface area (Å²) in [5.74, 6) is -0.513. The van der Waals surface area contributed by atoms with Crippen LogP contribution in [0, 0.1) is 0 Å². The van der Waals surface area contributed by atoms with Crippen LogP contribution in [0.2, 0.25) is 0 Å². The molecule has 1 saturated heterocycles. The molecule has 0 aromatic heterocycles. The van der Waals surface area contributed by atoms with E-state index in [-0.39, 0.29) is 24.5 Å². The van der Waals surface area contributed by atoms with Gasteiger partial charge < -0.3 is 9.64 Å². The van der Waals surface area contributed by atoms with Gasteiger partial charge in [-0.15, -0.1) is 0 Å². The summed E-state index contributed by atoms with van der Waals surface area (Å²) in [5, 5.41) is 0. The molecular formula is C23H26N2O3. The second kappa shape index (κ2) is 8.15. The molecule has 2 aliphatic rings. The van der Waals surface area contributed by atoms with Crippen LogP contribution in [0.3, 0.4) is 0 Å². The smallest absolute Gasteiger partial charge is 0.328 e. The van der Waals surface area contributed by atoms with Crippen molar-refractivity contribution in [1.82, 2.24) is 4.90 Å². The quantitative estimate of drug-likeness (QED) is 0.749. The molecular weight excluding hydrogens is 352 g/mol. The van der Waals surface area contributed by atoms with E-state index in [1.165, 1.54) is 0 Å². The fraction of sp³-hybridized carbons (Fsp3) is 0.391. The standard InChI is InChI=1S/C23H26N2O3/c1-17-15-19-11-5-6-12-20(19)25(17)21(26)16-28-23(27)22(24-13-7-8-14-24)18-9-3-2-4-10-18/h2-6,9-12,17,22H,7-8,13-16H2,1H3. The first kappa shape index (κ1) is 18.7. The van der Waals surface area contributed by atoms with E-state index >= 15 is 0 Å². The minimum absolute atomic E-state index is 0.0760. The van der Waals surface area contributed by atoms with Crippen LogP contribution in [-0.2, 0) is 20.7 Å². The number of nitrogens with zero attached hydrogens (tertiary/aromatic N) is 2. The van der Waals surface area contributed by atoms with Crippen molar-refractivity contribution in [2.24, 2.45) is 0 Å². The van der Waals surface area contributed by atoms with Gasteiger partial charge in [0.1, 0.15) is 6.04 Å². The summed E-state index contributed by atoms with van der Waals surface area (Å²) in [7, 11) is 0. The van der Waals surface area contributed by atoms with Gasteiger partial charge in [-0.05, 0) is 56.5 Å². The Labute approximate surface area is 165 Å². The first-order valence-corrected chi connectivity index (χ1v) is 10.0. The maximum Gasteiger partial charge on any atom is 0.328 e. The molecule has 2 aromatic rings. The Morgan fingerprint density at radius 3 is 2.46 bits per heavy atom. The average Bonchev–Trinajstić information content (AvgIpc) is 3.34. The van der Waals surface area contributed by atoms with Crippen molar-refractivity contribution in [2.45, 2.75) is 38.3 Å². The molecule has 2 atom stereocenters. The van der Waals surface area contributed by atoms with E-state index in [2.05, 4.69) is 4.90 Å². The predicted octanol–water partition coefficient (Wildman–Crippen LogP) is 3.34. The zero-order valence-corrected chi connectivity index (χ0v) is 16.2. The molecule has 2 unspecified atom stereocenters. The van der Waals surface area contributed by atoms with E-state index in [0.717, 1.165) is 49.2 Å². The summed E-state index contributed by atoms with van der Waals surface area (Å²) in [6.45, 7) is 3.55. The molecule has 146 valence electrons. The molecule has 1 amide bonds. The molecule has 0 radical (unpaired) electrons. The van der Waals surface area contributed by atoms with Gasteiger partial charge in [0.15, 0.2) is 6.61 Å². The van der Waals surface area contributed by atoms with E-state index < -0.39 is 6.04 Å². The van der Waals surface area contributed by atoms with Gasteiger partial charge >= 0.3 is 5.97 Å². The molecule has 0 spiro atoms. The number of ether oxygens (including phenoxy) is 1. The van der Waals surface area contributed by atoms with E-state index in [9.17, 15) is 9.59 Å². The number of fused-ring (bicyclic) bond motifs is 1. The zero-order chi connectivity index (χ0) is 19.5. The molecule has 0 bridgehead atoms. The van der Waals surface area contributed by atoms with Gasteiger partial charge in [-0.3, -0.25) is 9.69 Å². The lowest BCUT2D eigenvalue weighted by Gasteiger charge is -2.27. The maximum absolute atomic E-state index is 12.9. The number of likely N-dealkylation sites (tertiary alicyclic amines) is 1. The summed E-state index contributed by atoms with van der Waals surface area (Å²) in [5.41, 5.74) is 3.01. The number of esters is 1. The number of carbonyl (C=O) groups excluding carboxylic acids is 2. The molecule has 5 heteroatoms. The second-order valence-electron chi connectivity index (χ2n) is 7.61. The van der Waals surface area contributed by atoms with Crippen molar-refractivity contribution in [2.75, 3.05) is 24.6 Å². The number of rotatable bonds is 5. The summed E-state index contributed by atoms with van der Waals surface area (Å²) < 4.78 is 5.54. The normalized spacial score (nSPS) is 20.0. The molecule has 28 heavy (non-hydrogen) atoms. The van der Waals surface area contributed by atoms with Gasteiger partial charge in [0.25, 0.3) is 5.91 Å². The number of para-hydroxylation sites is 1. The summed E-state index contributed by atoms with van der Waals surface area (Å²) in [4.78, 5) is 29.7. The first-order chi connectivity index (χ1) is 13.6. The highest BCUT2D eigenvalue weighted by Crippen LogP contribution is 2.32.